The number of aryl methyl sites for hydroxylation is 1. The zero-order valence-corrected chi connectivity index (χ0v) is 16.3. The molecule has 2 aromatic rings. The molecule has 130 valence electrons. The Labute approximate surface area is 160 Å². The van der Waals surface area contributed by atoms with E-state index in [2.05, 4.69) is 10.3 Å². The summed E-state index contributed by atoms with van der Waals surface area (Å²) in [5.74, 6) is 2.07. The van der Waals surface area contributed by atoms with Crippen molar-refractivity contribution in [1.82, 2.24) is 0 Å². The Morgan fingerprint density at radius 1 is 1.17 bits per heavy atom. The first-order valence-corrected chi connectivity index (χ1v) is 7.58. The number of hydrogen-bond donors (Lipinski definition) is 2. The largest absolute Gasteiger partial charge is 0.497 e. The number of hydrogen-bond acceptors (Lipinski definition) is 3. The predicted molar refractivity (Wildman–Crippen MR) is 110 cm³/mol. The van der Waals surface area contributed by atoms with Gasteiger partial charge in [-0.25, -0.2) is 0 Å². The molecule has 0 radical (unpaired) electrons. The summed E-state index contributed by atoms with van der Waals surface area (Å²) < 4.78 is 10.9. The van der Waals surface area contributed by atoms with E-state index in [1.807, 2.05) is 55.5 Å². The summed E-state index contributed by atoms with van der Waals surface area (Å²) in [5.41, 5.74) is 7.86. The molecule has 0 aliphatic rings. The van der Waals surface area contributed by atoms with Crippen molar-refractivity contribution in [3.63, 3.8) is 0 Å². The molecule has 0 amide bonds. The van der Waals surface area contributed by atoms with Crippen LogP contribution < -0.4 is 20.5 Å². The number of nitrogens with zero attached hydrogens (tertiary/aromatic N) is 1. The summed E-state index contributed by atoms with van der Waals surface area (Å²) >= 11 is 0. The summed E-state index contributed by atoms with van der Waals surface area (Å²) in [6, 6.07) is 15.5. The Hall–Kier alpha value is -1.96. The highest BCUT2D eigenvalue weighted by molar-refractivity contribution is 14.0. The Kier molecular flexibility index (Phi) is 8.99. The maximum Gasteiger partial charge on any atom is 0.193 e. The molecule has 2 rings (SSSR count). The zero-order valence-electron chi connectivity index (χ0n) is 14.0. The second-order valence-electron chi connectivity index (χ2n) is 5.09. The van der Waals surface area contributed by atoms with Gasteiger partial charge in [-0.3, -0.25) is 4.99 Å². The van der Waals surface area contributed by atoms with Crippen LogP contribution in [0.15, 0.2) is 53.5 Å². The highest BCUT2D eigenvalue weighted by atomic mass is 127. The lowest BCUT2D eigenvalue weighted by atomic mass is 10.2. The molecule has 0 fully saturated rings. The van der Waals surface area contributed by atoms with Gasteiger partial charge in [-0.1, -0.05) is 24.3 Å². The molecular weight excluding hydrogens is 417 g/mol. The molecule has 6 heteroatoms. The summed E-state index contributed by atoms with van der Waals surface area (Å²) in [4.78, 5) is 4.29. The molecule has 0 aliphatic heterocycles. The molecular formula is C18H24IN3O2. The summed E-state index contributed by atoms with van der Waals surface area (Å²) in [7, 11) is 1.63. The zero-order chi connectivity index (χ0) is 16.5. The molecule has 0 aliphatic carbocycles. The van der Waals surface area contributed by atoms with Crippen LogP contribution >= 0.6 is 24.0 Å². The minimum Gasteiger partial charge on any atom is -0.497 e. The van der Waals surface area contributed by atoms with E-state index >= 15 is 0 Å². The summed E-state index contributed by atoms with van der Waals surface area (Å²) in [6.07, 6.45) is 0.800. The monoisotopic (exact) mass is 441 g/mol. The summed E-state index contributed by atoms with van der Waals surface area (Å²) in [5, 5.41) is 3.04. The van der Waals surface area contributed by atoms with Crippen molar-refractivity contribution in [3.8, 4) is 11.5 Å². The van der Waals surface area contributed by atoms with E-state index in [0.717, 1.165) is 29.2 Å². The second-order valence-corrected chi connectivity index (χ2v) is 5.09. The number of nitrogens with one attached hydrogen (secondary N) is 1. The lowest BCUT2D eigenvalue weighted by Gasteiger charge is -2.09. The highest BCUT2D eigenvalue weighted by Gasteiger charge is 1.99. The third-order valence-corrected chi connectivity index (χ3v) is 3.28. The number of rotatable bonds is 7. The van der Waals surface area contributed by atoms with Crippen molar-refractivity contribution in [1.29, 1.82) is 0 Å². The van der Waals surface area contributed by atoms with E-state index in [1.54, 1.807) is 7.11 Å². The van der Waals surface area contributed by atoms with Crippen LogP contribution in [0, 0.1) is 6.92 Å². The average Bonchev–Trinajstić information content (AvgIpc) is 2.56. The molecule has 0 heterocycles. The van der Waals surface area contributed by atoms with Gasteiger partial charge in [-0.2, -0.15) is 0 Å². The minimum absolute atomic E-state index is 0. The third kappa shape index (κ3) is 6.66. The molecule has 24 heavy (non-hydrogen) atoms. The van der Waals surface area contributed by atoms with E-state index in [9.17, 15) is 0 Å². The number of benzene rings is 2. The highest BCUT2D eigenvalue weighted by Crippen LogP contribution is 2.17. The molecule has 0 saturated heterocycles. The van der Waals surface area contributed by atoms with E-state index in [4.69, 9.17) is 15.2 Å². The van der Waals surface area contributed by atoms with Crippen LogP contribution in [0.4, 0.5) is 5.69 Å². The van der Waals surface area contributed by atoms with Gasteiger partial charge in [0.2, 0.25) is 0 Å². The van der Waals surface area contributed by atoms with E-state index in [0.29, 0.717) is 19.1 Å². The van der Waals surface area contributed by atoms with Crippen LogP contribution in [-0.2, 0) is 0 Å². The Morgan fingerprint density at radius 2 is 1.96 bits per heavy atom. The van der Waals surface area contributed by atoms with Crippen LogP contribution in [-0.4, -0.2) is 26.2 Å². The lowest BCUT2D eigenvalue weighted by Crippen LogP contribution is -2.23. The van der Waals surface area contributed by atoms with Gasteiger partial charge in [0.25, 0.3) is 0 Å². The number of ether oxygens (including phenoxy) is 2. The fourth-order valence-corrected chi connectivity index (χ4v) is 2.05. The number of para-hydroxylation sites is 1. The van der Waals surface area contributed by atoms with Crippen molar-refractivity contribution < 1.29 is 9.47 Å². The van der Waals surface area contributed by atoms with Gasteiger partial charge in [-0.15, -0.1) is 24.0 Å². The first-order chi connectivity index (χ1) is 11.2. The Balaban J connectivity index is 0.00000288. The molecule has 3 N–H and O–H groups in total. The number of nitrogens with two attached hydrogens (primary N) is 1. The van der Waals surface area contributed by atoms with E-state index in [-0.39, 0.29) is 24.0 Å². The van der Waals surface area contributed by atoms with Crippen LogP contribution in [0.2, 0.25) is 0 Å². The summed E-state index contributed by atoms with van der Waals surface area (Å²) in [6.45, 7) is 3.25. The maximum atomic E-state index is 5.87. The lowest BCUT2D eigenvalue weighted by molar-refractivity contribution is 0.311. The quantitative estimate of drug-likeness (QED) is 0.297. The molecule has 0 saturated carbocycles. The van der Waals surface area contributed by atoms with Crippen molar-refractivity contribution in [2.24, 2.45) is 10.7 Å². The third-order valence-electron chi connectivity index (χ3n) is 3.28. The van der Waals surface area contributed by atoms with Crippen LogP contribution in [0.1, 0.15) is 12.0 Å². The molecule has 0 aromatic heterocycles. The number of aliphatic imine (C=N–C) groups is 1. The van der Waals surface area contributed by atoms with Crippen molar-refractivity contribution in [2.75, 3.05) is 25.6 Å². The fraction of sp³-hybridized carbons (Fsp3) is 0.278. The van der Waals surface area contributed by atoms with Crippen LogP contribution in [0.3, 0.4) is 0 Å². The SMILES string of the molecule is COc1cccc(NC(N)=NCCCOc2ccccc2C)c1.I. The first kappa shape index (κ1) is 20.1. The van der Waals surface area contributed by atoms with Gasteiger partial charge in [0.05, 0.1) is 13.7 Å². The van der Waals surface area contributed by atoms with Crippen LogP contribution in [0.5, 0.6) is 11.5 Å². The fourth-order valence-electron chi connectivity index (χ4n) is 2.05. The van der Waals surface area contributed by atoms with Gasteiger partial charge < -0.3 is 20.5 Å². The Bertz CT molecular complexity index is 662. The van der Waals surface area contributed by atoms with Crippen molar-refractivity contribution in [2.45, 2.75) is 13.3 Å². The second kappa shape index (κ2) is 10.7. The van der Waals surface area contributed by atoms with Gasteiger partial charge in [0.1, 0.15) is 11.5 Å². The average molecular weight is 441 g/mol. The smallest absolute Gasteiger partial charge is 0.193 e. The molecule has 0 spiro atoms. The molecule has 0 atom stereocenters. The molecule has 5 nitrogen and oxygen atoms in total. The van der Waals surface area contributed by atoms with Gasteiger partial charge in [0.15, 0.2) is 5.96 Å². The number of guanidine groups is 1. The molecule has 2 aromatic carbocycles. The predicted octanol–water partition coefficient (Wildman–Crippen LogP) is 3.82. The number of methoxy groups -OCH3 is 1. The minimum atomic E-state index is 0. The van der Waals surface area contributed by atoms with E-state index < -0.39 is 0 Å². The topological polar surface area (TPSA) is 68.9 Å². The standard InChI is InChI=1S/C18H23N3O2.HI/c1-14-7-3-4-10-17(14)23-12-6-11-20-18(19)21-15-8-5-9-16(13-15)22-2;/h3-5,7-10,13H,6,11-12H2,1-2H3,(H3,19,20,21);1H. The van der Waals surface area contributed by atoms with E-state index in [1.165, 1.54) is 0 Å². The first-order valence-electron chi connectivity index (χ1n) is 7.58. The van der Waals surface area contributed by atoms with Crippen molar-refractivity contribution in [3.05, 3.63) is 54.1 Å². The number of halogens is 1. The number of anilines is 1. The molecule has 0 bridgehead atoms. The maximum absolute atomic E-state index is 5.87. The van der Waals surface area contributed by atoms with Crippen molar-refractivity contribution >= 4 is 35.6 Å². The Morgan fingerprint density at radius 3 is 2.71 bits per heavy atom. The van der Waals surface area contributed by atoms with Gasteiger partial charge in [0, 0.05) is 24.7 Å². The van der Waals surface area contributed by atoms with Gasteiger partial charge in [-0.05, 0) is 30.7 Å². The normalized spacial score (nSPS) is 10.7. The molecule has 0 unspecified atom stereocenters. The van der Waals surface area contributed by atoms with Crippen LogP contribution in [0.25, 0.3) is 0 Å². The van der Waals surface area contributed by atoms with Gasteiger partial charge >= 0.3 is 0 Å².